The van der Waals surface area contributed by atoms with Gasteiger partial charge >= 0.3 is 0 Å². The molecule has 0 aromatic heterocycles. The maximum Gasteiger partial charge on any atom is 0.158 e. The molecule has 1 aromatic carbocycles. The second-order valence-electron chi connectivity index (χ2n) is 3.44. The molecule has 3 nitrogen and oxygen atoms in total. The Balaban J connectivity index is 0.000000770. The summed E-state index contributed by atoms with van der Waals surface area (Å²) in [6.07, 6.45) is 2.68. The number of thioether (sulfide) groups is 1. The number of carbonyl (C=O) groups excluding carboxylic acids is 1. The molecule has 4 heteroatoms. The highest BCUT2D eigenvalue weighted by atomic mass is 32.2. The van der Waals surface area contributed by atoms with Crippen molar-refractivity contribution in [2.45, 2.75) is 4.90 Å². The molecule has 0 aliphatic rings. The van der Waals surface area contributed by atoms with Crippen LogP contribution in [0.15, 0.2) is 46.3 Å². The van der Waals surface area contributed by atoms with E-state index in [9.17, 15) is 4.79 Å². The molecule has 0 aliphatic heterocycles. The van der Waals surface area contributed by atoms with Crippen molar-refractivity contribution in [3.05, 3.63) is 41.4 Å². The van der Waals surface area contributed by atoms with Crippen LogP contribution in [0.2, 0.25) is 0 Å². The van der Waals surface area contributed by atoms with Crippen molar-refractivity contribution in [3.63, 3.8) is 0 Å². The smallest absolute Gasteiger partial charge is 0.158 e. The number of rotatable bonds is 4. The van der Waals surface area contributed by atoms with Gasteiger partial charge in [-0.2, -0.15) is 0 Å². The van der Waals surface area contributed by atoms with Crippen LogP contribution >= 0.6 is 11.8 Å². The van der Waals surface area contributed by atoms with Gasteiger partial charge in [-0.1, -0.05) is 30.0 Å². The predicted octanol–water partition coefficient (Wildman–Crippen LogP) is 2.64. The molecule has 1 aromatic rings. The van der Waals surface area contributed by atoms with Gasteiger partial charge in [0.25, 0.3) is 0 Å². The minimum absolute atomic E-state index is 0.709. The fourth-order valence-corrected chi connectivity index (χ4v) is 1.84. The van der Waals surface area contributed by atoms with E-state index in [1.165, 1.54) is 11.8 Å². The molecule has 0 N–H and O–H groups in total. The Labute approximate surface area is 107 Å². The maximum atomic E-state index is 10.7. The van der Waals surface area contributed by atoms with Crippen LogP contribution in [0.5, 0.6) is 0 Å². The number of nitrogens with zero attached hydrogens (tertiary/aromatic N) is 1. The normalized spacial score (nSPS) is 10.2. The minimum Gasteiger partial charge on any atom is -0.388 e. The molecule has 0 aliphatic carbocycles. The number of ether oxygens (including phenoxy) is 1. The maximum absolute atomic E-state index is 10.7. The molecule has 0 atom stereocenters. The van der Waals surface area contributed by atoms with Crippen molar-refractivity contribution in [2.24, 2.45) is 0 Å². The number of hydrogen-bond acceptors (Lipinski definition) is 4. The summed E-state index contributed by atoms with van der Waals surface area (Å²) in [4.78, 5) is 14.4. The van der Waals surface area contributed by atoms with Crippen LogP contribution in [-0.2, 0) is 9.53 Å². The van der Waals surface area contributed by atoms with Gasteiger partial charge in [-0.15, -0.1) is 0 Å². The molecule has 0 saturated carbocycles. The van der Waals surface area contributed by atoms with E-state index in [0.717, 1.165) is 11.2 Å². The molecule has 94 valence electrons. The third-order valence-electron chi connectivity index (χ3n) is 1.48. The summed E-state index contributed by atoms with van der Waals surface area (Å²) >= 11 is 1.47. The van der Waals surface area contributed by atoms with Crippen molar-refractivity contribution in [3.8, 4) is 0 Å². The number of carbonyl (C=O) groups is 1. The van der Waals surface area contributed by atoms with Gasteiger partial charge < -0.3 is 9.64 Å². The average molecular weight is 253 g/mol. The first-order valence-corrected chi connectivity index (χ1v) is 5.92. The van der Waals surface area contributed by atoms with Crippen molar-refractivity contribution >= 4 is 18.0 Å². The predicted molar refractivity (Wildman–Crippen MR) is 73.1 cm³/mol. The van der Waals surface area contributed by atoms with Crippen LogP contribution in [0.4, 0.5) is 0 Å². The lowest BCUT2D eigenvalue weighted by Gasteiger charge is -2.06. The zero-order valence-electron chi connectivity index (χ0n) is 10.7. The van der Waals surface area contributed by atoms with E-state index < -0.39 is 0 Å². The van der Waals surface area contributed by atoms with Crippen LogP contribution in [0.25, 0.3) is 0 Å². The lowest BCUT2D eigenvalue weighted by atomic mass is 10.4. The standard InChI is InChI=1S/C11H13NOS.C2H6O/c1-12(2)8-11(9-13)14-10-6-4-3-5-7-10;1-3-2/h3-9H,1-2H3;1-2H3/b11-8+;. The first kappa shape index (κ1) is 15.7. The molecular weight excluding hydrogens is 234 g/mol. The van der Waals surface area contributed by atoms with Gasteiger partial charge in [0.1, 0.15) is 0 Å². The third-order valence-corrected chi connectivity index (χ3v) is 2.43. The Morgan fingerprint density at radius 3 is 2.18 bits per heavy atom. The van der Waals surface area contributed by atoms with Crippen LogP contribution < -0.4 is 0 Å². The fraction of sp³-hybridized carbons (Fsp3) is 0.308. The van der Waals surface area contributed by atoms with Crippen molar-refractivity contribution in [2.75, 3.05) is 28.3 Å². The van der Waals surface area contributed by atoms with E-state index >= 15 is 0 Å². The van der Waals surface area contributed by atoms with E-state index in [4.69, 9.17) is 0 Å². The summed E-state index contributed by atoms with van der Waals surface area (Å²) < 4.78 is 4.25. The number of methoxy groups -OCH3 is 1. The van der Waals surface area contributed by atoms with Gasteiger partial charge in [0.2, 0.25) is 0 Å². The Hall–Kier alpha value is -1.26. The molecule has 0 amide bonds. The SMILES string of the molecule is CN(C)/C=C(\C=O)Sc1ccccc1.COC. The van der Waals surface area contributed by atoms with Crippen LogP contribution in [0.3, 0.4) is 0 Å². The Morgan fingerprint density at radius 2 is 1.76 bits per heavy atom. The molecule has 0 radical (unpaired) electrons. The highest BCUT2D eigenvalue weighted by Gasteiger charge is 1.98. The monoisotopic (exact) mass is 253 g/mol. The van der Waals surface area contributed by atoms with E-state index in [1.54, 1.807) is 14.2 Å². The summed E-state index contributed by atoms with van der Waals surface area (Å²) in [7, 11) is 7.05. The fourth-order valence-electron chi connectivity index (χ4n) is 0.960. The first-order chi connectivity index (χ1) is 8.13. The summed E-state index contributed by atoms with van der Waals surface area (Å²) in [5.74, 6) is 0. The van der Waals surface area contributed by atoms with Crippen LogP contribution in [-0.4, -0.2) is 39.5 Å². The largest absolute Gasteiger partial charge is 0.388 e. The second-order valence-corrected chi connectivity index (χ2v) is 4.58. The summed E-state index contributed by atoms with van der Waals surface area (Å²) in [5, 5.41) is 0. The average Bonchev–Trinajstić information content (AvgIpc) is 2.30. The van der Waals surface area contributed by atoms with Crippen LogP contribution in [0.1, 0.15) is 0 Å². The molecule has 1 rings (SSSR count). The highest BCUT2D eigenvalue weighted by Crippen LogP contribution is 2.24. The molecule has 0 spiro atoms. The van der Waals surface area contributed by atoms with Gasteiger partial charge in [0.15, 0.2) is 6.29 Å². The van der Waals surface area contributed by atoms with E-state index in [1.807, 2.05) is 55.5 Å². The quantitative estimate of drug-likeness (QED) is 0.469. The number of allylic oxidation sites excluding steroid dienone is 1. The van der Waals surface area contributed by atoms with E-state index in [2.05, 4.69) is 4.74 Å². The number of benzene rings is 1. The molecule has 17 heavy (non-hydrogen) atoms. The molecule has 0 fully saturated rings. The topological polar surface area (TPSA) is 29.5 Å². The Bertz CT molecular complexity index is 337. The van der Waals surface area contributed by atoms with Crippen molar-refractivity contribution in [1.29, 1.82) is 0 Å². The minimum atomic E-state index is 0.709. The molecular formula is C13H19NO2S. The van der Waals surface area contributed by atoms with Crippen molar-refractivity contribution in [1.82, 2.24) is 4.90 Å². The number of aldehydes is 1. The third kappa shape index (κ3) is 8.54. The van der Waals surface area contributed by atoms with Gasteiger partial charge in [0, 0.05) is 39.4 Å². The lowest BCUT2D eigenvalue weighted by Crippen LogP contribution is -2.02. The number of hydrogen-bond donors (Lipinski definition) is 0. The van der Waals surface area contributed by atoms with Gasteiger partial charge in [0.05, 0.1) is 4.91 Å². The van der Waals surface area contributed by atoms with Gasteiger partial charge in [-0.25, -0.2) is 0 Å². The zero-order chi connectivity index (χ0) is 13.1. The van der Waals surface area contributed by atoms with Gasteiger partial charge in [-0.3, -0.25) is 4.79 Å². The van der Waals surface area contributed by atoms with Crippen molar-refractivity contribution < 1.29 is 9.53 Å². The highest BCUT2D eigenvalue weighted by molar-refractivity contribution is 8.03. The Kier molecular flexibility index (Phi) is 9.19. The Morgan fingerprint density at radius 1 is 1.24 bits per heavy atom. The molecule has 0 saturated heterocycles. The summed E-state index contributed by atoms with van der Waals surface area (Å²) in [5.41, 5.74) is 0. The summed E-state index contributed by atoms with van der Waals surface area (Å²) in [6.45, 7) is 0. The van der Waals surface area contributed by atoms with E-state index in [-0.39, 0.29) is 0 Å². The van der Waals surface area contributed by atoms with E-state index in [0.29, 0.717) is 4.91 Å². The summed E-state index contributed by atoms with van der Waals surface area (Å²) in [6, 6.07) is 9.84. The second kappa shape index (κ2) is 9.93. The lowest BCUT2D eigenvalue weighted by molar-refractivity contribution is -0.104. The molecule has 0 heterocycles. The van der Waals surface area contributed by atoms with Gasteiger partial charge in [-0.05, 0) is 12.1 Å². The first-order valence-electron chi connectivity index (χ1n) is 5.10. The zero-order valence-corrected chi connectivity index (χ0v) is 11.5. The molecule has 0 bridgehead atoms. The molecule has 0 unspecified atom stereocenters. The van der Waals surface area contributed by atoms with Crippen LogP contribution in [0, 0.1) is 0 Å².